The van der Waals surface area contributed by atoms with Gasteiger partial charge in [-0.3, -0.25) is 9.59 Å². The standard InChI is InChI=1S/C10H12N2O4S/c13-9(14)3-7-4-16-2-1-12(7)10(15)8-5-17-6-11-8/h5-7H,1-4H2,(H,13,14). The van der Waals surface area contributed by atoms with Gasteiger partial charge in [-0.15, -0.1) is 11.3 Å². The summed E-state index contributed by atoms with van der Waals surface area (Å²) in [6, 6.07) is -0.407. The van der Waals surface area contributed by atoms with Gasteiger partial charge in [0.25, 0.3) is 5.91 Å². The first kappa shape index (κ1) is 12.0. The van der Waals surface area contributed by atoms with Crippen molar-refractivity contribution >= 4 is 23.2 Å². The van der Waals surface area contributed by atoms with Crippen molar-refractivity contribution in [2.45, 2.75) is 12.5 Å². The van der Waals surface area contributed by atoms with Gasteiger partial charge in [0.05, 0.1) is 31.2 Å². The summed E-state index contributed by atoms with van der Waals surface area (Å²) in [5.41, 5.74) is 1.95. The predicted molar refractivity (Wildman–Crippen MR) is 60.0 cm³/mol. The summed E-state index contributed by atoms with van der Waals surface area (Å²) in [5.74, 6) is -1.16. The maximum atomic E-state index is 12.1. The van der Waals surface area contributed by atoms with Crippen molar-refractivity contribution in [2.24, 2.45) is 0 Å². The van der Waals surface area contributed by atoms with Crippen LogP contribution in [0.3, 0.4) is 0 Å². The van der Waals surface area contributed by atoms with Gasteiger partial charge in [0.2, 0.25) is 0 Å². The lowest BCUT2D eigenvalue weighted by atomic mass is 10.1. The molecule has 0 saturated carbocycles. The highest BCUT2D eigenvalue weighted by Crippen LogP contribution is 2.15. The van der Waals surface area contributed by atoms with Crippen LogP contribution >= 0.6 is 11.3 Å². The molecule has 0 radical (unpaired) electrons. The number of carboxylic acid groups (broad SMARTS) is 1. The maximum absolute atomic E-state index is 12.1. The second kappa shape index (κ2) is 5.24. The Morgan fingerprint density at radius 3 is 3.12 bits per heavy atom. The van der Waals surface area contributed by atoms with Crippen molar-refractivity contribution in [1.82, 2.24) is 9.88 Å². The molecular formula is C10H12N2O4S. The molecule has 1 aromatic rings. The number of morpholine rings is 1. The Labute approximate surface area is 102 Å². The normalized spacial score (nSPS) is 20.2. The number of aliphatic carboxylic acids is 1. The van der Waals surface area contributed by atoms with Crippen LogP contribution < -0.4 is 0 Å². The zero-order chi connectivity index (χ0) is 12.3. The molecule has 6 nitrogen and oxygen atoms in total. The van der Waals surface area contributed by atoms with E-state index < -0.39 is 12.0 Å². The molecule has 1 atom stereocenters. The quantitative estimate of drug-likeness (QED) is 0.849. The zero-order valence-corrected chi connectivity index (χ0v) is 9.85. The summed E-state index contributed by atoms with van der Waals surface area (Å²) in [7, 11) is 0. The van der Waals surface area contributed by atoms with E-state index >= 15 is 0 Å². The molecule has 1 unspecified atom stereocenters. The fraction of sp³-hybridized carbons (Fsp3) is 0.500. The topological polar surface area (TPSA) is 79.7 Å². The van der Waals surface area contributed by atoms with Crippen LogP contribution in [0.15, 0.2) is 10.9 Å². The molecule has 1 amide bonds. The zero-order valence-electron chi connectivity index (χ0n) is 9.04. The van der Waals surface area contributed by atoms with E-state index in [4.69, 9.17) is 9.84 Å². The first-order valence-corrected chi connectivity index (χ1v) is 6.11. The summed E-state index contributed by atoms with van der Waals surface area (Å²) in [6.45, 7) is 1.11. The Morgan fingerprint density at radius 2 is 2.47 bits per heavy atom. The molecule has 2 heterocycles. The highest BCUT2D eigenvalue weighted by atomic mass is 32.1. The number of ether oxygens (including phenoxy) is 1. The Balaban J connectivity index is 2.10. The number of hydrogen-bond acceptors (Lipinski definition) is 5. The molecule has 17 heavy (non-hydrogen) atoms. The van der Waals surface area contributed by atoms with E-state index in [1.54, 1.807) is 10.9 Å². The van der Waals surface area contributed by atoms with Crippen LogP contribution in [0, 0.1) is 0 Å². The fourth-order valence-corrected chi connectivity index (χ4v) is 2.28. The average Bonchev–Trinajstić information content (AvgIpc) is 2.81. The molecule has 0 spiro atoms. The number of thiazole rings is 1. The SMILES string of the molecule is O=C(O)CC1COCCN1C(=O)c1cscn1. The van der Waals surface area contributed by atoms with Gasteiger partial charge in [-0.1, -0.05) is 0 Å². The Morgan fingerprint density at radius 1 is 1.65 bits per heavy atom. The van der Waals surface area contributed by atoms with Crippen LogP contribution in [0.1, 0.15) is 16.9 Å². The van der Waals surface area contributed by atoms with E-state index in [1.165, 1.54) is 16.2 Å². The molecule has 0 aromatic carbocycles. The third-order valence-electron chi connectivity index (χ3n) is 2.55. The minimum Gasteiger partial charge on any atom is -0.481 e. The summed E-state index contributed by atoms with van der Waals surface area (Å²) in [4.78, 5) is 28.3. The number of rotatable bonds is 3. The lowest BCUT2D eigenvalue weighted by Crippen LogP contribution is -2.49. The third-order valence-corrected chi connectivity index (χ3v) is 3.14. The maximum Gasteiger partial charge on any atom is 0.305 e. The van der Waals surface area contributed by atoms with Crippen molar-refractivity contribution in [1.29, 1.82) is 0 Å². The van der Waals surface area contributed by atoms with Crippen molar-refractivity contribution in [2.75, 3.05) is 19.8 Å². The Hall–Kier alpha value is -1.47. The van der Waals surface area contributed by atoms with Crippen LogP contribution in [0.5, 0.6) is 0 Å². The first-order valence-electron chi connectivity index (χ1n) is 5.17. The van der Waals surface area contributed by atoms with Crippen molar-refractivity contribution in [3.8, 4) is 0 Å². The highest BCUT2D eigenvalue weighted by Gasteiger charge is 2.30. The molecule has 0 bridgehead atoms. The average molecular weight is 256 g/mol. The van der Waals surface area contributed by atoms with E-state index in [0.717, 1.165) is 0 Å². The second-order valence-electron chi connectivity index (χ2n) is 3.70. The van der Waals surface area contributed by atoms with Crippen LogP contribution in [0.25, 0.3) is 0 Å². The molecule has 1 aliphatic rings. The second-order valence-corrected chi connectivity index (χ2v) is 4.42. The van der Waals surface area contributed by atoms with Crippen molar-refractivity contribution in [3.63, 3.8) is 0 Å². The Bertz CT molecular complexity index is 406. The summed E-state index contributed by atoms with van der Waals surface area (Å²) >= 11 is 1.34. The monoisotopic (exact) mass is 256 g/mol. The number of hydrogen-bond donors (Lipinski definition) is 1. The van der Waals surface area contributed by atoms with Gasteiger partial charge in [-0.05, 0) is 0 Å². The van der Waals surface area contributed by atoms with Crippen molar-refractivity contribution < 1.29 is 19.4 Å². The van der Waals surface area contributed by atoms with Gasteiger partial charge in [-0.2, -0.15) is 0 Å². The lowest BCUT2D eigenvalue weighted by molar-refractivity contribution is -0.139. The highest BCUT2D eigenvalue weighted by molar-refractivity contribution is 7.07. The molecule has 2 rings (SSSR count). The van der Waals surface area contributed by atoms with Crippen LogP contribution in [0.2, 0.25) is 0 Å². The number of aromatic nitrogens is 1. The van der Waals surface area contributed by atoms with E-state index in [0.29, 0.717) is 18.8 Å². The molecule has 1 aliphatic heterocycles. The van der Waals surface area contributed by atoms with Gasteiger partial charge >= 0.3 is 5.97 Å². The summed E-state index contributed by atoms with van der Waals surface area (Å²) in [5, 5.41) is 10.5. The number of amides is 1. The molecule has 1 N–H and O–H groups in total. The Kier molecular flexibility index (Phi) is 3.70. The fourth-order valence-electron chi connectivity index (χ4n) is 1.76. The lowest BCUT2D eigenvalue weighted by Gasteiger charge is -2.34. The van der Waals surface area contributed by atoms with Gasteiger partial charge in [-0.25, -0.2) is 4.98 Å². The summed E-state index contributed by atoms with van der Waals surface area (Å²) in [6.07, 6.45) is -0.101. The summed E-state index contributed by atoms with van der Waals surface area (Å²) < 4.78 is 5.21. The molecule has 1 aromatic heterocycles. The van der Waals surface area contributed by atoms with Crippen LogP contribution in [-0.4, -0.2) is 52.7 Å². The smallest absolute Gasteiger partial charge is 0.305 e. The van der Waals surface area contributed by atoms with E-state index in [-0.39, 0.29) is 18.9 Å². The molecule has 1 fully saturated rings. The van der Waals surface area contributed by atoms with Gasteiger partial charge in [0.15, 0.2) is 0 Å². The van der Waals surface area contributed by atoms with Crippen molar-refractivity contribution in [3.05, 3.63) is 16.6 Å². The first-order chi connectivity index (χ1) is 8.18. The van der Waals surface area contributed by atoms with E-state index in [9.17, 15) is 9.59 Å². The number of carbonyl (C=O) groups is 2. The number of nitrogens with zero attached hydrogens (tertiary/aromatic N) is 2. The third kappa shape index (κ3) is 2.80. The van der Waals surface area contributed by atoms with E-state index in [1.807, 2.05) is 0 Å². The molecular weight excluding hydrogens is 244 g/mol. The molecule has 92 valence electrons. The minimum atomic E-state index is -0.934. The van der Waals surface area contributed by atoms with Crippen LogP contribution in [0.4, 0.5) is 0 Å². The predicted octanol–water partition coefficient (Wildman–Crippen LogP) is 0.459. The van der Waals surface area contributed by atoms with Crippen LogP contribution in [-0.2, 0) is 9.53 Å². The number of carboxylic acids is 1. The molecule has 7 heteroatoms. The molecule has 1 saturated heterocycles. The van der Waals surface area contributed by atoms with Gasteiger partial charge in [0.1, 0.15) is 5.69 Å². The number of carbonyl (C=O) groups excluding carboxylic acids is 1. The largest absolute Gasteiger partial charge is 0.481 e. The van der Waals surface area contributed by atoms with Gasteiger partial charge < -0.3 is 14.7 Å². The molecule has 0 aliphatic carbocycles. The minimum absolute atomic E-state index is 0.101. The van der Waals surface area contributed by atoms with Gasteiger partial charge in [0, 0.05) is 11.9 Å². The van der Waals surface area contributed by atoms with E-state index in [2.05, 4.69) is 4.98 Å².